The lowest BCUT2D eigenvalue weighted by atomic mass is 10.0. The Morgan fingerprint density at radius 1 is 0.891 bits per heavy atom. The molecule has 0 saturated carbocycles. The highest BCUT2D eigenvalue weighted by molar-refractivity contribution is 7.89. The first-order valence-corrected chi connectivity index (χ1v) is 15.7. The summed E-state index contributed by atoms with van der Waals surface area (Å²) in [5.74, 6) is -4.05. The fourth-order valence-electron chi connectivity index (χ4n) is 5.17. The first kappa shape index (κ1) is 34.1. The summed E-state index contributed by atoms with van der Waals surface area (Å²) in [6, 6.07) is 8.39. The average molecular weight is 659 g/mol. The number of ether oxygens (including phenoxy) is 3. The van der Waals surface area contributed by atoms with Crippen LogP contribution in [0.15, 0.2) is 59.5 Å². The molecule has 2 heterocycles. The smallest absolute Gasteiger partial charge is 0.417 e. The number of rotatable bonds is 10. The molecule has 2 aromatic carbocycles. The van der Waals surface area contributed by atoms with Crippen molar-refractivity contribution in [1.82, 2.24) is 19.8 Å². The van der Waals surface area contributed by atoms with Crippen LogP contribution in [0.25, 0.3) is 0 Å². The molecule has 2 aliphatic heterocycles. The standard InChI is InChI=1S/C30H34N4O11S/c1-16-11-13-21(14-12-16)46(41,42)32-17(2)26(36)34-24(19(4)45-30(34)40)27(37)33-23(18(3)44-29(33)39)25(35)31-22(28(38)43-5)15-20-9-7-6-8-10-20/h6-14,17-19,22-24,32H,15H2,1-5H3,(H,31,35)/t17-,18-,19+,22+,23+,24-/m0/s1. The molecule has 5 amide bonds. The summed E-state index contributed by atoms with van der Waals surface area (Å²) < 4.78 is 43.1. The Bertz CT molecular complexity index is 1630. The van der Waals surface area contributed by atoms with E-state index in [1.54, 1.807) is 49.4 Å². The number of cyclic esters (lactones) is 2. The van der Waals surface area contributed by atoms with Gasteiger partial charge in [0.2, 0.25) is 15.9 Å². The van der Waals surface area contributed by atoms with Crippen LogP contribution in [-0.4, -0.2) is 97.6 Å². The molecule has 2 fully saturated rings. The van der Waals surface area contributed by atoms with E-state index in [0.717, 1.165) is 12.7 Å². The van der Waals surface area contributed by atoms with Crippen LogP contribution in [0.4, 0.5) is 9.59 Å². The Labute approximate surface area is 265 Å². The van der Waals surface area contributed by atoms with Gasteiger partial charge in [0.25, 0.3) is 11.8 Å². The second kappa shape index (κ2) is 13.7. The van der Waals surface area contributed by atoms with E-state index in [0.29, 0.717) is 15.4 Å². The molecule has 15 nitrogen and oxygen atoms in total. The number of esters is 1. The number of nitrogens with one attached hydrogen (secondary N) is 2. The molecule has 0 radical (unpaired) electrons. The number of nitrogens with zero attached hydrogens (tertiary/aromatic N) is 2. The predicted molar refractivity (Wildman–Crippen MR) is 158 cm³/mol. The van der Waals surface area contributed by atoms with E-state index < -0.39 is 82.3 Å². The third kappa shape index (κ3) is 7.02. The molecule has 246 valence electrons. The zero-order valence-electron chi connectivity index (χ0n) is 25.7. The molecule has 4 rings (SSSR count). The van der Waals surface area contributed by atoms with Crippen molar-refractivity contribution in [3.8, 4) is 0 Å². The van der Waals surface area contributed by atoms with E-state index in [9.17, 15) is 37.2 Å². The molecule has 6 atom stereocenters. The number of sulfonamides is 1. The summed E-state index contributed by atoms with van der Waals surface area (Å²) in [5, 5.41) is 2.51. The molecule has 46 heavy (non-hydrogen) atoms. The van der Waals surface area contributed by atoms with Crippen molar-refractivity contribution in [3.63, 3.8) is 0 Å². The van der Waals surface area contributed by atoms with E-state index in [2.05, 4.69) is 10.0 Å². The highest BCUT2D eigenvalue weighted by atomic mass is 32.2. The van der Waals surface area contributed by atoms with Gasteiger partial charge in [0.05, 0.1) is 18.0 Å². The van der Waals surface area contributed by atoms with E-state index >= 15 is 0 Å². The highest BCUT2D eigenvalue weighted by Crippen LogP contribution is 2.28. The van der Waals surface area contributed by atoms with Gasteiger partial charge >= 0.3 is 18.2 Å². The minimum absolute atomic E-state index is 0.0315. The Kier molecular flexibility index (Phi) is 10.1. The summed E-state index contributed by atoms with van der Waals surface area (Å²) in [6.07, 6.45) is -4.94. The molecule has 2 aliphatic rings. The number of benzene rings is 2. The van der Waals surface area contributed by atoms with Crippen molar-refractivity contribution < 1.29 is 51.4 Å². The van der Waals surface area contributed by atoms with E-state index in [1.807, 2.05) is 0 Å². The van der Waals surface area contributed by atoms with Crippen LogP contribution >= 0.6 is 0 Å². The van der Waals surface area contributed by atoms with Crippen molar-refractivity contribution in [2.75, 3.05) is 7.11 Å². The average Bonchev–Trinajstić information content (AvgIpc) is 3.48. The van der Waals surface area contributed by atoms with Gasteiger partial charge in [0, 0.05) is 6.42 Å². The van der Waals surface area contributed by atoms with Gasteiger partial charge in [-0.05, 0) is 45.4 Å². The van der Waals surface area contributed by atoms with Crippen LogP contribution < -0.4 is 10.0 Å². The molecule has 2 aromatic rings. The number of methoxy groups -OCH3 is 1. The second-order valence-corrected chi connectivity index (χ2v) is 12.6. The largest absolute Gasteiger partial charge is 0.467 e. The zero-order chi connectivity index (χ0) is 33.9. The number of aryl methyl sites for hydroxylation is 1. The fourth-order valence-corrected chi connectivity index (χ4v) is 6.36. The van der Waals surface area contributed by atoms with Gasteiger partial charge in [-0.3, -0.25) is 14.4 Å². The number of carbonyl (C=O) groups excluding carboxylic acids is 6. The number of hydrogen-bond acceptors (Lipinski definition) is 11. The van der Waals surface area contributed by atoms with Crippen molar-refractivity contribution >= 4 is 45.9 Å². The van der Waals surface area contributed by atoms with Crippen LogP contribution in [0, 0.1) is 6.92 Å². The van der Waals surface area contributed by atoms with Gasteiger partial charge in [-0.2, -0.15) is 4.72 Å². The lowest BCUT2D eigenvalue weighted by Crippen LogP contribution is -2.60. The SMILES string of the molecule is COC(=O)[C@@H](Cc1ccccc1)NC(=O)[C@H]1[C@H](C)OC(=O)N1C(=O)[C@@H]1[C@@H](C)OC(=O)N1C(=O)[C@H](C)NS(=O)(=O)c1ccc(C)cc1. The molecule has 0 bridgehead atoms. The molecule has 0 unspecified atom stereocenters. The lowest BCUT2D eigenvalue weighted by molar-refractivity contribution is -0.147. The van der Waals surface area contributed by atoms with Crippen LogP contribution in [0.3, 0.4) is 0 Å². The first-order chi connectivity index (χ1) is 21.7. The topological polar surface area (TPSA) is 195 Å². The minimum atomic E-state index is -4.22. The quantitative estimate of drug-likeness (QED) is 0.273. The van der Waals surface area contributed by atoms with E-state index in [4.69, 9.17) is 14.2 Å². The molecule has 0 aliphatic carbocycles. The Balaban J connectivity index is 1.57. The van der Waals surface area contributed by atoms with Crippen molar-refractivity contribution in [1.29, 1.82) is 0 Å². The molecular formula is C30H34N4O11S. The molecule has 2 N–H and O–H groups in total. The van der Waals surface area contributed by atoms with Crippen LogP contribution in [0.1, 0.15) is 31.9 Å². The summed E-state index contributed by atoms with van der Waals surface area (Å²) in [5.41, 5.74) is 1.49. The van der Waals surface area contributed by atoms with Crippen molar-refractivity contribution in [3.05, 3.63) is 65.7 Å². The Hall–Kier alpha value is -4.83. The molecular weight excluding hydrogens is 624 g/mol. The maximum Gasteiger partial charge on any atom is 0.417 e. The molecule has 16 heteroatoms. The maximum atomic E-state index is 13.9. The van der Waals surface area contributed by atoms with Gasteiger partial charge in [0.15, 0.2) is 12.1 Å². The molecule has 2 saturated heterocycles. The van der Waals surface area contributed by atoms with E-state index in [-0.39, 0.29) is 11.3 Å². The monoisotopic (exact) mass is 658 g/mol. The maximum absolute atomic E-state index is 13.9. The van der Waals surface area contributed by atoms with Gasteiger partial charge < -0.3 is 19.5 Å². The zero-order valence-corrected chi connectivity index (χ0v) is 26.5. The Morgan fingerprint density at radius 2 is 1.46 bits per heavy atom. The molecule has 0 aromatic heterocycles. The van der Waals surface area contributed by atoms with Gasteiger partial charge in [0.1, 0.15) is 18.2 Å². The summed E-state index contributed by atoms with van der Waals surface area (Å²) in [4.78, 5) is 79.9. The summed E-state index contributed by atoms with van der Waals surface area (Å²) >= 11 is 0. The summed E-state index contributed by atoms with van der Waals surface area (Å²) in [6.45, 7) is 5.58. The fraction of sp³-hybridized carbons (Fsp3) is 0.400. The van der Waals surface area contributed by atoms with Crippen molar-refractivity contribution in [2.24, 2.45) is 0 Å². The highest BCUT2D eigenvalue weighted by Gasteiger charge is 2.56. The first-order valence-electron chi connectivity index (χ1n) is 14.2. The normalized spacial score (nSPS) is 22.5. The Morgan fingerprint density at radius 3 is 2.04 bits per heavy atom. The number of amides is 5. The van der Waals surface area contributed by atoms with Crippen molar-refractivity contribution in [2.45, 2.75) is 75.4 Å². The third-order valence-electron chi connectivity index (χ3n) is 7.53. The van der Waals surface area contributed by atoms with Crippen LogP contribution in [-0.2, 0) is 49.8 Å². The molecule has 0 spiro atoms. The van der Waals surface area contributed by atoms with E-state index in [1.165, 1.54) is 32.9 Å². The predicted octanol–water partition coefficient (Wildman–Crippen LogP) is 1.03. The number of imide groups is 2. The minimum Gasteiger partial charge on any atom is -0.467 e. The van der Waals surface area contributed by atoms with Gasteiger partial charge in [-0.25, -0.2) is 32.6 Å². The second-order valence-electron chi connectivity index (χ2n) is 10.9. The lowest BCUT2D eigenvalue weighted by Gasteiger charge is -2.29. The number of hydrogen-bond donors (Lipinski definition) is 2. The third-order valence-corrected chi connectivity index (χ3v) is 9.08. The summed E-state index contributed by atoms with van der Waals surface area (Å²) in [7, 11) is -3.09. The van der Waals surface area contributed by atoms with Crippen LogP contribution in [0.2, 0.25) is 0 Å². The van der Waals surface area contributed by atoms with Gasteiger partial charge in [-0.15, -0.1) is 0 Å². The van der Waals surface area contributed by atoms with Crippen LogP contribution in [0.5, 0.6) is 0 Å². The van der Waals surface area contributed by atoms with Gasteiger partial charge in [-0.1, -0.05) is 48.0 Å². The number of carbonyl (C=O) groups is 6.